The first-order valence-corrected chi connectivity index (χ1v) is 9.62. The molecule has 28 heavy (non-hydrogen) atoms. The van der Waals surface area contributed by atoms with Crippen LogP contribution >= 0.6 is 0 Å². The molecular formula is C21H28N4O3. The number of hydrogen-bond donors (Lipinski definition) is 2. The first kappa shape index (κ1) is 19.9. The van der Waals surface area contributed by atoms with Crippen LogP contribution in [0.15, 0.2) is 24.3 Å². The summed E-state index contributed by atoms with van der Waals surface area (Å²) in [4.78, 5) is 32.5. The number of ether oxygens (including phenoxy) is 1. The summed E-state index contributed by atoms with van der Waals surface area (Å²) >= 11 is 0. The summed E-state index contributed by atoms with van der Waals surface area (Å²) in [5.41, 5.74) is 3.91. The number of H-pyrrole nitrogens is 1. The predicted molar refractivity (Wildman–Crippen MR) is 110 cm³/mol. The molecule has 150 valence electrons. The molecule has 0 spiro atoms. The van der Waals surface area contributed by atoms with Crippen molar-refractivity contribution in [3.05, 3.63) is 46.8 Å². The molecule has 2 aromatic rings. The lowest BCUT2D eigenvalue weighted by atomic mass is 10.1. The van der Waals surface area contributed by atoms with Crippen LogP contribution in [0.5, 0.6) is 0 Å². The summed E-state index contributed by atoms with van der Waals surface area (Å²) in [7, 11) is 2.13. The van der Waals surface area contributed by atoms with Gasteiger partial charge in [0.15, 0.2) is 0 Å². The Balaban J connectivity index is 1.70. The standard InChI is InChI=1S/C21H28N4O3/c1-5-28-21(27)18-14(2)19(22-15(18)3)20(26)23-16-6-8-17(9-7-16)25-12-10-24(4)11-13-25/h6-9,22H,5,10-13H2,1-4H3,(H,23,26). The number of benzene rings is 1. The van der Waals surface area contributed by atoms with Crippen LogP contribution in [0.3, 0.4) is 0 Å². The monoisotopic (exact) mass is 384 g/mol. The molecule has 0 radical (unpaired) electrons. The Morgan fingerprint density at radius 3 is 2.36 bits per heavy atom. The Bertz CT molecular complexity index is 849. The lowest BCUT2D eigenvalue weighted by Gasteiger charge is -2.34. The second-order valence-corrected chi connectivity index (χ2v) is 7.14. The minimum atomic E-state index is -0.413. The third kappa shape index (κ3) is 4.20. The number of hydrogen-bond acceptors (Lipinski definition) is 5. The first-order chi connectivity index (χ1) is 13.4. The van der Waals surface area contributed by atoms with Crippen LogP contribution in [-0.4, -0.2) is 61.6 Å². The maximum atomic E-state index is 12.7. The van der Waals surface area contributed by atoms with Crippen molar-refractivity contribution in [1.29, 1.82) is 0 Å². The van der Waals surface area contributed by atoms with E-state index in [4.69, 9.17) is 4.74 Å². The summed E-state index contributed by atoms with van der Waals surface area (Å²) < 4.78 is 5.08. The molecule has 1 aromatic carbocycles. The average Bonchev–Trinajstić information content (AvgIpc) is 2.97. The zero-order valence-electron chi connectivity index (χ0n) is 17.0. The number of nitrogens with zero attached hydrogens (tertiary/aromatic N) is 2. The molecule has 0 saturated carbocycles. The molecule has 1 aliphatic heterocycles. The van der Waals surface area contributed by atoms with Crippen molar-refractivity contribution >= 4 is 23.3 Å². The topological polar surface area (TPSA) is 77.7 Å². The van der Waals surface area contributed by atoms with Crippen molar-refractivity contribution in [3.8, 4) is 0 Å². The molecule has 1 amide bonds. The van der Waals surface area contributed by atoms with Crippen LogP contribution in [0.1, 0.15) is 39.0 Å². The van der Waals surface area contributed by atoms with E-state index in [2.05, 4.69) is 27.1 Å². The number of aryl methyl sites for hydroxylation is 1. The van der Waals surface area contributed by atoms with Crippen LogP contribution in [0, 0.1) is 13.8 Å². The summed E-state index contributed by atoms with van der Waals surface area (Å²) in [5.74, 6) is -0.687. The number of esters is 1. The zero-order valence-corrected chi connectivity index (χ0v) is 17.0. The second kappa shape index (κ2) is 8.48. The Kier molecular flexibility index (Phi) is 6.04. The van der Waals surface area contributed by atoms with Gasteiger partial charge in [-0.3, -0.25) is 4.79 Å². The van der Waals surface area contributed by atoms with Crippen molar-refractivity contribution in [3.63, 3.8) is 0 Å². The van der Waals surface area contributed by atoms with E-state index in [1.807, 2.05) is 24.3 Å². The van der Waals surface area contributed by atoms with E-state index >= 15 is 0 Å². The number of rotatable bonds is 5. The molecule has 7 heteroatoms. The number of piperazine rings is 1. The number of anilines is 2. The van der Waals surface area contributed by atoms with Gasteiger partial charge in [-0.1, -0.05) is 0 Å². The Morgan fingerprint density at radius 2 is 1.75 bits per heavy atom. The number of nitrogens with one attached hydrogen (secondary N) is 2. The molecule has 1 aliphatic rings. The fourth-order valence-electron chi connectivity index (χ4n) is 3.50. The fraction of sp³-hybridized carbons (Fsp3) is 0.429. The number of aromatic nitrogens is 1. The summed E-state index contributed by atoms with van der Waals surface area (Å²) in [6.07, 6.45) is 0. The second-order valence-electron chi connectivity index (χ2n) is 7.14. The zero-order chi connectivity index (χ0) is 20.3. The molecule has 0 aliphatic carbocycles. The van der Waals surface area contributed by atoms with Crippen LogP contribution in [0.25, 0.3) is 0 Å². The van der Waals surface area contributed by atoms with E-state index in [0.29, 0.717) is 34.8 Å². The molecule has 2 heterocycles. The van der Waals surface area contributed by atoms with Gasteiger partial charge in [-0.15, -0.1) is 0 Å². The number of aromatic amines is 1. The third-order valence-corrected chi connectivity index (χ3v) is 5.14. The quantitative estimate of drug-likeness (QED) is 0.775. The lowest BCUT2D eigenvalue weighted by molar-refractivity contribution is 0.0525. The van der Waals surface area contributed by atoms with E-state index in [-0.39, 0.29) is 5.91 Å². The van der Waals surface area contributed by atoms with Gasteiger partial charge >= 0.3 is 5.97 Å². The van der Waals surface area contributed by atoms with Crippen LogP contribution in [-0.2, 0) is 4.74 Å². The molecule has 1 fully saturated rings. The third-order valence-electron chi connectivity index (χ3n) is 5.14. The molecule has 3 rings (SSSR count). The number of amides is 1. The minimum absolute atomic E-state index is 0.275. The highest BCUT2D eigenvalue weighted by Gasteiger charge is 2.23. The van der Waals surface area contributed by atoms with Crippen molar-refractivity contribution < 1.29 is 14.3 Å². The number of carbonyl (C=O) groups excluding carboxylic acids is 2. The molecule has 2 N–H and O–H groups in total. The Labute approximate surface area is 165 Å². The van der Waals surface area contributed by atoms with Gasteiger partial charge in [0.1, 0.15) is 5.69 Å². The highest BCUT2D eigenvalue weighted by molar-refractivity contribution is 6.06. The van der Waals surface area contributed by atoms with Gasteiger partial charge in [-0.2, -0.15) is 0 Å². The van der Waals surface area contributed by atoms with Crippen molar-refractivity contribution in [2.75, 3.05) is 50.1 Å². The molecule has 1 saturated heterocycles. The Morgan fingerprint density at radius 1 is 1.11 bits per heavy atom. The van der Waals surface area contributed by atoms with Crippen LogP contribution < -0.4 is 10.2 Å². The maximum absolute atomic E-state index is 12.7. The van der Waals surface area contributed by atoms with Gasteiger partial charge in [0.2, 0.25) is 0 Å². The molecule has 0 bridgehead atoms. The van der Waals surface area contributed by atoms with Gasteiger partial charge in [-0.25, -0.2) is 4.79 Å². The first-order valence-electron chi connectivity index (χ1n) is 9.62. The Hall–Kier alpha value is -2.80. The van der Waals surface area contributed by atoms with Crippen molar-refractivity contribution in [2.24, 2.45) is 0 Å². The normalized spacial score (nSPS) is 14.8. The van der Waals surface area contributed by atoms with Crippen LogP contribution in [0.4, 0.5) is 11.4 Å². The summed E-state index contributed by atoms with van der Waals surface area (Å²) in [6, 6.07) is 7.86. The molecular weight excluding hydrogens is 356 g/mol. The highest BCUT2D eigenvalue weighted by Crippen LogP contribution is 2.22. The molecule has 7 nitrogen and oxygen atoms in total. The van der Waals surface area contributed by atoms with Gasteiger partial charge in [-0.05, 0) is 57.6 Å². The molecule has 0 atom stereocenters. The molecule has 0 unspecified atom stereocenters. The van der Waals surface area contributed by atoms with E-state index < -0.39 is 5.97 Å². The highest BCUT2D eigenvalue weighted by atomic mass is 16.5. The lowest BCUT2D eigenvalue weighted by Crippen LogP contribution is -2.44. The van der Waals surface area contributed by atoms with Gasteiger partial charge in [0, 0.05) is 43.2 Å². The van der Waals surface area contributed by atoms with Gasteiger partial charge in [0.25, 0.3) is 5.91 Å². The summed E-state index contributed by atoms with van der Waals surface area (Å²) in [6.45, 7) is 9.67. The smallest absolute Gasteiger partial charge is 0.340 e. The van der Waals surface area contributed by atoms with Crippen LogP contribution in [0.2, 0.25) is 0 Å². The van der Waals surface area contributed by atoms with E-state index in [9.17, 15) is 9.59 Å². The number of carbonyl (C=O) groups is 2. The van der Waals surface area contributed by atoms with Crippen molar-refractivity contribution in [2.45, 2.75) is 20.8 Å². The fourth-order valence-corrected chi connectivity index (χ4v) is 3.50. The number of likely N-dealkylation sites (N-methyl/N-ethyl adjacent to an activating group) is 1. The average molecular weight is 384 g/mol. The minimum Gasteiger partial charge on any atom is -0.462 e. The van der Waals surface area contributed by atoms with E-state index in [0.717, 1.165) is 31.9 Å². The van der Waals surface area contributed by atoms with Gasteiger partial charge in [0.05, 0.1) is 12.2 Å². The van der Waals surface area contributed by atoms with E-state index in [1.165, 1.54) is 0 Å². The van der Waals surface area contributed by atoms with Crippen molar-refractivity contribution in [1.82, 2.24) is 9.88 Å². The summed E-state index contributed by atoms with van der Waals surface area (Å²) in [5, 5.41) is 2.90. The van der Waals surface area contributed by atoms with E-state index in [1.54, 1.807) is 20.8 Å². The predicted octanol–water partition coefficient (Wildman–Crippen LogP) is 2.81. The van der Waals surface area contributed by atoms with Gasteiger partial charge < -0.3 is 24.8 Å². The molecule has 1 aromatic heterocycles. The largest absolute Gasteiger partial charge is 0.462 e. The SMILES string of the molecule is CCOC(=O)c1c(C)[nH]c(C(=O)Nc2ccc(N3CCN(C)CC3)cc2)c1C. The maximum Gasteiger partial charge on any atom is 0.340 e.